The molecule has 1 saturated carbocycles. The monoisotopic (exact) mass is 931 g/mol. The number of aliphatic hydroxyl groups excluding tert-OH is 1. The average Bonchev–Trinajstić information content (AvgIpc) is 3.82. The molecule has 15 nitrogen and oxygen atoms in total. The first-order valence-corrected chi connectivity index (χ1v) is 25.5. The molecule has 2 fully saturated rings. The van der Waals surface area contributed by atoms with Crippen molar-refractivity contribution in [3.05, 3.63) is 116 Å². The first kappa shape index (κ1) is 45.0. The van der Waals surface area contributed by atoms with Crippen molar-refractivity contribution in [3.8, 4) is 17.2 Å². The predicted octanol–water partition coefficient (Wildman–Crippen LogP) is 7.50. The summed E-state index contributed by atoms with van der Waals surface area (Å²) in [6, 6.07) is 15.1. The number of carbonyl (C=O) groups excluding carboxylic acids is 1. The summed E-state index contributed by atoms with van der Waals surface area (Å²) < 4.78 is 41.9. The maximum absolute atomic E-state index is 15.6. The number of carbonyl (C=O) groups is 1. The van der Waals surface area contributed by atoms with E-state index in [4.69, 9.17) is 14.7 Å². The quantitative estimate of drug-likeness (QED) is 0.112. The number of aliphatic hydroxyl groups is 1. The highest BCUT2D eigenvalue weighted by atomic mass is 31.2. The van der Waals surface area contributed by atoms with E-state index in [1.165, 1.54) is 5.56 Å². The lowest BCUT2D eigenvalue weighted by Gasteiger charge is -2.34. The molecule has 3 aliphatic heterocycles. The van der Waals surface area contributed by atoms with E-state index in [9.17, 15) is 14.5 Å². The third-order valence-electron chi connectivity index (χ3n) is 15.0. The Morgan fingerprint density at radius 2 is 1.67 bits per heavy atom. The van der Waals surface area contributed by atoms with Crippen molar-refractivity contribution in [2.45, 2.75) is 98.1 Å². The number of aliphatic imine (C=N–C) groups is 1. The molecule has 3 aromatic heterocycles. The summed E-state index contributed by atoms with van der Waals surface area (Å²) in [4.78, 5) is 42.2. The Morgan fingerprint density at radius 3 is 2.31 bits per heavy atom. The van der Waals surface area contributed by atoms with Gasteiger partial charge in [-0.3, -0.25) is 13.9 Å². The Hall–Kier alpha value is -5.80. The fourth-order valence-corrected chi connectivity index (χ4v) is 13.6. The van der Waals surface area contributed by atoms with E-state index in [0.717, 1.165) is 40.3 Å². The lowest BCUT2D eigenvalue weighted by atomic mass is 9.91. The fraction of sp³-hybridized carbons (Fsp3) is 0.440. The van der Waals surface area contributed by atoms with Crippen molar-refractivity contribution in [2.75, 3.05) is 44.4 Å². The normalized spacial score (nSPS) is 22.0. The minimum absolute atomic E-state index is 0.0608. The van der Waals surface area contributed by atoms with Crippen molar-refractivity contribution in [2.24, 2.45) is 10.9 Å². The summed E-state index contributed by atoms with van der Waals surface area (Å²) in [5.41, 5.74) is 9.30. The second kappa shape index (κ2) is 16.8. The summed E-state index contributed by atoms with van der Waals surface area (Å²) in [5, 5.41) is 20.5. The van der Waals surface area contributed by atoms with Gasteiger partial charge in [-0.1, -0.05) is 26.8 Å². The molecule has 3 aromatic carbocycles. The summed E-state index contributed by atoms with van der Waals surface area (Å²) in [6.07, 6.45) is 6.00. The number of ether oxygens (including phenoxy) is 1. The van der Waals surface area contributed by atoms with E-state index >= 15 is 9.18 Å². The lowest BCUT2D eigenvalue weighted by molar-refractivity contribution is -0.103. The number of nitrogens with one attached hydrogen (secondary N) is 2. The van der Waals surface area contributed by atoms with Crippen LogP contribution in [-0.4, -0.2) is 90.8 Å². The van der Waals surface area contributed by atoms with Gasteiger partial charge in [0, 0.05) is 85.4 Å². The van der Waals surface area contributed by atoms with Crippen LogP contribution in [0.1, 0.15) is 103 Å². The molecule has 6 heterocycles. The van der Waals surface area contributed by atoms with E-state index in [-0.39, 0.29) is 23.3 Å². The predicted molar refractivity (Wildman–Crippen MR) is 258 cm³/mol. The minimum Gasteiger partial charge on any atom is -0.387 e. The van der Waals surface area contributed by atoms with Gasteiger partial charge in [-0.25, -0.2) is 29.2 Å². The van der Waals surface area contributed by atoms with Gasteiger partial charge in [0.1, 0.15) is 30.0 Å². The van der Waals surface area contributed by atoms with Crippen LogP contribution in [0.5, 0.6) is 0 Å². The first-order chi connectivity index (χ1) is 32.1. The molecule has 0 radical (unpaired) electrons. The zero-order valence-electron chi connectivity index (χ0n) is 39.4. The van der Waals surface area contributed by atoms with Crippen LogP contribution in [0.2, 0.25) is 0 Å². The highest BCUT2D eigenvalue weighted by molar-refractivity contribution is 7.72. The number of aryl methyl sites for hydroxylation is 3. The Kier molecular flexibility index (Phi) is 11.3. The third-order valence-corrected chi connectivity index (χ3v) is 18.4. The second-order valence-electron chi connectivity index (χ2n) is 18.8. The number of anilines is 1. The smallest absolute Gasteiger partial charge is 0.338 e. The van der Waals surface area contributed by atoms with Crippen molar-refractivity contribution in [3.63, 3.8) is 0 Å². The highest BCUT2D eigenvalue weighted by Crippen LogP contribution is 2.54. The topological polar surface area (TPSA) is 162 Å². The van der Waals surface area contributed by atoms with Gasteiger partial charge in [0.2, 0.25) is 0 Å². The summed E-state index contributed by atoms with van der Waals surface area (Å²) in [5.74, 6) is 0.798. The number of benzene rings is 3. The largest absolute Gasteiger partial charge is 0.387 e. The molecule has 352 valence electrons. The van der Waals surface area contributed by atoms with Gasteiger partial charge >= 0.3 is 5.69 Å². The maximum atomic E-state index is 15.6. The SMILES string of the molecule is CCP(=O)(CC)c1c(C)cc(-n2ccn(-c3c4c(nn3-c3cc(C)c(F)c(C)c3)CCN(C(=O)c3cc5cc(C6CCOCC6)ccc5n3[C@@]3(C5=NC(O)ON5)C[C@@H]3C)[C@H]4C)c2=O)cc1NC. The average molecular weight is 932 g/mol. The summed E-state index contributed by atoms with van der Waals surface area (Å²) in [6.45, 7) is 15.1. The number of amides is 1. The van der Waals surface area contributed by atoms with Gasteiger partial charge in [-0.15, -0.1) is 0 Å². The van der Waals surface area contributed by atoms with Gasteiger partial charge < -0.3 is 29.2 Å². The van der Waals surface area contributed by atoms with Crippen LogP contribution in [0.4, 0.5) is 10.1 Å². The van der Waals surface area contributed by atoms with Gasteiger partial charge in [0.15, 0.2) is 5.84 Å². The number of halogens is 1. The van der Waals surface area contributed by atoms with Gasteiger partial charge in [-0.2, -0.15) is 5.10 Å². The third kappa shape index (κ3) is 7.12. The van der Waals surface area contributed by atoms with E-state index in [1.807, 2.05) is 50.8 Å². The van der Waals surface area contributed by atoms with Crippen molar-refractivity contribution in [1.82, 2.24) is 33.9 Å². The van der Waals surface area contributed by atoms with Crippen molar-refractivity contribution >= 4 is 40.8 Å². The zero-order valence-corrected chi connectivity index (χ0v) is 40.3. The van der Waals surface area contributed by atoms with Crippen molar-refractivity contribution < 1.29 is 28.4 Å². The zero-order chi connectivity index (χ0) is 47.3. The van der Waals surface area contributed by atoms with Crippen LogP contribution < -0.4 is 21.8 Å². The minimum atomic E-state index is -2.69. The molecule has 0 spiro atoms. The second-order valence-corrected chi connectivity index (χ2v) is 22.3. The van der Waals surface area contributed by atoms with Crippen molar-refractivity contribution in [1.29, 1.82) is 0 Å². The van der Waals surface area contributed by atoms with Crippen LogP contribution in [0.15, 0.2) is 70.7 Å². The Bertz CT molecular complexity index is 3090. The summed E-state index contributed by atoms with van der Waals surface area (Å²) in [7, 11) is -0.889. The number of fused-ring (bicyclic) bond motifs is 2. The van der Waals surface area contributed by atoms with E-state index in [0.29, 0.717) is 102 Å². The van der Waals surface area contributed by atoms with Crippen LogP contribution in [0.25, 0.3) is 28.1 Å². The number of nitrogens with zero attached hydrogens (tertiary/aromatic N) is 7. The molecular formula is C50H59FN9O6P. The van der Waals surface area contributed by atoms with E-state index in [1.54, 1.807) is 59.2 Å². The van der Waals surface area contributed by atoms with Crippen LogP contribution in [0, 0.1) is 32.5 Å². The number of rotatable bonds is 11. The Balaban J connectivity index is 1.11. The van der Waals surface area contributed by atoms with Crippen LogP contribution in [-0.2, 0) is 26.1 Å². The standard InChI is InChI=1S/C50H59FN9O6P/c1-9-67(64,10-2)44-30(5)23-36(26-39(44)52-8)57-17-18-58(49(57)63)45-42-32(7)56(16-13-38(42)54-60(45)37-21-28(3)43(51)29(4)22-37)46(61)41-25-35-24-34(33-14-19-65-20-15-33)11-12-40(35)59(41)50(27-31(50)6)47-53-48(62)66-55-47/h11-12,17-18,21-26,31-33,48,52,62H,9-10,13-16,19-20,27H2,1-8H3,(H,53,55)/t31-,32-,48?,50-/m0/s1. The fourth-order valence-electron chi connectivity index (χ4n) is 11.2. The Morgan fingerprint density at radius 1 is 0.985 bits per heavy atom. The molecule has 4 aliphatic rings. The molecule has 1 aliphatic carbocycles. The molecule has 10 rings (SSSR count). The molecule has 1 saturated heterocycles. The van der Waals surface area contributed by atoms with Gasteiger partial charge in [0.25, 0.3) is 12.3 Å². The van der Waals surface area contributed by atoms with Crippen LogP contribution in [0.3, 0.4) is 0 Å². The number of hydrogen-bond acceptors (Lipinski definition) is 10. The number of imidazole rings is 1. The number of hydrogen-bond donors (Lipinski definition) is 3. The maximum Gasteiger partial charge on any atom is 0.338 e. The number of amidine groups is 1. The van der Waals surface area contributed by atoms with Gasteiger partial charge in [0.05, 0.1) is 23.1 Å². The molecule has 3 N–H and O–H groups in total. The highest BCUT2D eigenvalue weighted by Gasteiger charge is 2.60. The Labute approximate surface area is 388 Å². The molecule has 67 heavy (non-hydrogen) atoms. The molecule has 1 unspecified atom stereocenters. The molecule has 1 amide bonds. The lowest BCUT2D eigenvalue weighted by Crippen LogP contribution is -2.43. The molecule has 0 bridgehead atoms. The first-order valence-electron chi connectivity index (χ1n) is 23.5. The van der Waals surface area contributed by atoms with Crippen LogP contribution >= 0.6 is 7.14 Å². The molecule has 6 aromatic rings. The van der Waals surface area contributed by atoms with Gasteiger partial charge in [-0.05, 0) is 124 Å². The van der Waals surface area contributed by atoms with E-state index < -0.39 is 25.1 Å². The molecule has 4 atom stereocenters. The molecular weight excluding hydrogens is 873 g/mol. The summed E-state index contributed by atoms with van der Waals surface area (Å²) >= 11 is 0. The number of aromatic nitrogens is 5. The molecule has 17 heteroatoms. The number of hydroxylamine groups is 1. The van der Waals surface area contributed by atoms with E-state index in [2.05, 4.69) is 45.5 Å².